The Labute approximate surface area is 144 Å². The quantitative estimate of drug-likeness (QED) is 0.734. The number of benzene rings is 2. The molecule has 0 atom stereocenters. The van der Waals surface area contributed by atoms with Crippen LogP contribution in [0.1, 0.15) is 23.0 Å². The van der Waals surface area contributed by atoms with Crippen LogP contribution in [0.25, 0.3) is 0 Å². The van der Waals surface area contributed by atoms with E-state index in [-0.39, 0.29) is 17.4 Å². The van der Waals surface area contributed by atoms with Gasteiger partial charge in [-0.1, -0.05) is 25.1 Å². The van der Waals surface area contributed by atoms with Crippen LogP contribution in [0, 0.1) is 5.82 Å². The third-order valence-corrected chi connectivity index (χ3v) is 3.61. The number of amides is 1. The van der Waals surface area contributed by atoms with Crippen molar-refractivity contribution >= 4 is 23.1 Å². The van der Waals surface area contributed by atoms with Gasteiger partial charge in [0.1, 0.15) is 5.82 Å². The number of rotatable bonds is 5. The minimum absolute atomic E-state index is 0.198. The van der Waals surface area contributed by atoms with Crippen LogP contribution in [0.2, 0.25) is 0 Å². The van der Waals surface area contributed by atoms with E-state index in [1.165, 1.54) is 17.7 Å². The molecule has 0 unspecified atom stereocenters. The van der Waals surface area contributed by atoms with Gasteiger partial charge < -0.3 is 10.6 Å². The predicted molar refractivity (Wildman–Crippen MR) is 95.5 cm³/mol. The number of aromatic nitrogens is 2. The molecule has 0 saturated carbocycles. The Hall–Kier alpha value is -3.28. The van der Waals surface area contributed by atoms with Crippen LogP contribution in [-0.2, 0) is 6.42 Å². The molecule has 0 bridgehead atoms. The molecule has 0 saturated heterocycles. The first kappa shape index (κ1) is 16.6. The summed E-state index contributed by atoms with van der Waals surface area (Å²) in [4.78, 5) is 12.2. The summed E-state index contributed by atoms with van der Waals surface area (Å²) < 4.78 is 13.2. The molecule has 0 radical (unpaired) electrons. The summed E-state index contributed by atoms with van der Waals surface area (Å²) in [6.45, 7) is 2.07. The molecule has 5 nitrogen and oxygen atoms in total. The Morgan fingerprint density at radius 1 is 1.00 bits per heavy atom. The van der Waals surface area contributed by atoms with Gasteiger partial charge in [-0.2, -0.15) is 0 Å². The van der Waals surface area contributed by atoms with Gasteiger partial charge in [-0.3, -0.25) is 4.79 Å². The van der Waals surface area contributed by atoms with Crippen LogP contribution in [0.3, 0.4) is 0 Å². The third kappa shape index (κ3) is 4.38. The first-order chi connectivity index (χ1) is 12.1. The lowest BCUT2D eigenvalue weighted by Gasteiger charge is -2.07. The normalized spacial score (nSPS) is 10.3. The number of anilines is 3. The van der Waals surface area contributed by atoms with E-state index < -0.39 is 0 Å². The van der Waals surface area contributed by atoms with Gasteiger partial charge in [0, 0.05) is 11.4 Å². The van der Waals surface area contributed by atoms with Crippen molar-refractivity contribution in [3.05, 3.63) is 77.7 Å². The van der Waals surface area contributed by atoms with Gasteiger partial charge in [-0.05, 0) is 54.4 Å². The zero-order valence-electron chi connectivity index (χ0n) is 13.7. The minimum Gasteiger partial charge on any atom is -0.339 e. The molecule has 6 heteroatoms. The predicted octanol–water partition coefficient (Wildman–Crippen LogP) is 4.17. The molecule has 0 aliphatic heterocycles. The highest BCUT2D eigenvalue weighted by molar-refractivity contribution is 6.02. The lowest BCUT2D eigenvalue weighted by atomic mass is 10.1. The van der Waals surface area contributed by atoms with Crippen LogP contribution < -0.4 is 10.6 Å². The Kier molecular flexibility index (Phi) is 4.99. The van der Waals surface area contributed by atoms with E-state index in [4.69, 9.17) is 0 Å². The fraction of sp³-hybridized carbons (Fsp3) is 0.105. The number of carbonyl (C=O) groups excluding carboxylic acids is 1. The topological polar surface area (TPSA) is 66.9 Å². The summed E-state index contributed by atoms with van der Waals surface area (Å²) in [7, 11) is 0. The molecule has 1 heterocycles. The van der Waals surface area contributed by atoms with Crippen LogP contribution >= 0.6 is 0 Å². The maximum absolute atomic E-state index is 13.2. The molecule has 0 aliphatic rings. The van der Waals surface area contributed by atoms with E-state index in [2.05, 4.69) is 27.8 Å². The molecule has 3 rings (SSSR count). The molecule has 2 aromatic carbocycles. The van der Waals surface area contributed by atoms with Crippen LogP contribution in [0.15, 0.2) is 60.7 Å². The summed E-state index contributed by atoms with van der Waals surface area (Å²) >= 11 is 0. The number of halogens is 1. The van der Waals surface area contributed by atoms with E-state index in [9.17, 15) is 9.18 Å². The van der Waals surface area contributed by atoms with Gasteiger partial charge in [0.25, 0.3) is 5.91 Å². The average Bonchev–Trinajstić information content (AvgIpc) is 2.63. The van der Waals surface area contributed by atoms with Crippen molar-refractivity contribution in [2.45, 2.75) is 13.3 Å². The Balaban J connectivity index is 1.65. The van der Waals surface area contributed by atoms with E-state index in [0.29, 0.717) is 17.2 Å². The molecule has 1 amide bonds. The Morgan fingerprint density at radius 3 is 2.44 bits per heavy atom. The molecule has 1 aromatic heterocycles. The number of nitrogens with zero attached hydrogens (tertiary/aromatic N) is 2. The summed E-state index contributed by atoms with van der Waals surface area (Å²) in [5.41, 5.74) is 2.66. The number of nitrogens with one attached hydrogen (secondary N) is 2. The second kappa shape index (κ2) is 7.53. The van der Waals surface area contributed by atoms with Crippen molar-refractivity contribution in [2.75, 3.05) is 10.6 Å². The molecular formula is C19H17FN4O. The minimum atomic E-state index is -0.344. The highest BCUT2D eigenvalue weighted by atomic mass is 19.1. The van der Waals surface area contributed by atoms with Crippen molar-refractivity contribution in [3.8, 4) is 0 Å². The van der Waals surface area contributed by atoms with Gasteiger partial charge in [0.2, 0.25) is 0 Å². The van der Waals surface area contributed by atoms with Crippen LogP contribution in [0.4, 0.5) is 21.6 Å². The summed E-state index contributed by atoms with van der Waals surface area (Å²) in [5, 5.41) is 13.6. The van der Waals surface area contributed by atoms with Gasteiger partial charge >= 0.3 is 0 Å². The summed E-state index contributed by atoms with van der Waals surface area (Å²) in [5.74, 6) is -0.258. The molecule has 0 fully saturated rings. The highest BCUT2D eigenvalue weighted by Gasteiger charge is 2.09. The zero-order chi connectivity index (χ0) is 17.6. The van der Waals surface area contributed by atoms with E-state index in [0.717, 1.165) is 6.42 Å². The SMILES string of the molecule is CCc1ccc(NC(=O)c2ccc(Nc3cccc(F)c3)nn2)cc1. The zero-order valence-corrected chi connectivity index (χ0v) is 13.7. The van der Waals surface area contributed by atoms with Crippen molar-refractivity contribution in [2.24, 2.45) is 0 Å². The molecule has 3 aromatic rings. The molecular weight excluding hydrogens is 319 g/mol. The monoisotopic (exact) mass is 336 g/mol. The van der Waals surface area contributed by atoms with Gasteiger partial charge in [-0.15, -0.1) is 10.2 Å². The van der Waals surface area contributed by atoms with Crippen molar-refractivity contribution in [1.82, 2.24) is 10.2 Å². The van der Waals surface area contributed by atoms with Crippen molar-refractivity contribution in [1.29, 1.82) is 0 Å². The Bertz CT molecular complexity index is 863. The van der Waals surface area contributed by atoms with Crippen LogP contribution in [0.5, 0.6) is 0 Å². The fourth-order valence-corrected chi connectivity index (χ4v) is 2.25. The number of aryl methyl sites for hydroxylation is 1. The lowest BCUT2D eigenvalue weighted by Crippen LogP contribution is -2.14. The fourth-order valence-electron chi connectivity index (χ4n) is 2.25. The van der Waals surface area contributed by atoms with E-state index in [1.54, 1.807) is 24.3 Å². The van der Waals surface area contributed by atoms with Gasteiger partial charge in [0.05, 0.1) is 0 Å². The smallest absolute Gasteiger partial charge is 0.276 e. The number of hydrogen-bond acceptors (Lipinski definition) is 4. The van der Waals surface area contributed by atoms with Crippen molar-refractivity contribution in [3.63, 3.8) is 0 Å². The molecule has 2 N–H and O–H groups in total. The van der Waals surface area contributed by atoms with Gasteiger partial charge in [-0.25, -0.2) is 4.39 Å². The standard InChI is InChI=1S/C19H17FN4O/c1-2-13-6-8-15(9-7-13)22-19(25)17-10-11-18(24-23-17)21-16-5-3-4-14(20)12-16/h3-12H,2H2,1H3,(H,21,24)(H,22,25). The molecule has 25 heavy (non-hydrogen) atoms. The molecule has 0 aliphatic carbocycles. The first-order valence-electron chi connectivity index (χ1n) is 7.90. The second-order valence-corrected chi connectivity index (χ2v) is 5.44. The second-order valence-electron chi connectivity index (χ2n) is 5.44. The summed E-state index contributed by atoms with van der Waals surface area (Å²) in [6.07, 6.45) is 0.944. The number of carbonyl (C=O) groups is 1. The largest absolute Gasteiger partial charge is 0.339 e. The molecule has 126 valence electrons. The number of hydrogen-bond donors (Lipinski definition) is 2. The third-order valence-electron chi connectivity index (χ3n) is 3.61. The first-order valence-corrected chi connectivity index (χ1v) is 7.90. The lowest BCUT2D eigenvalue weighted by molar-refractivity contribution is 0.102. The van der Waals surface area contributed by atoms with Crippen LogP contribution in [-0.4, -0.2) is 16.1 Å². The van der Waals surface area contributed by atoms with E-state index >= 15 is 0 Å². The van der Waals surface area contributed by atoms with E-state index in [1.807, 2.05) is 24.3 Å². The van der Waals surface area contributed by atoms with Crippen molar-refractivity contribution < 1.29 is 9.18 Å². The Morgan fingerprint density at radius 2 is 1.80 bits per heavy atom. The maximum Gasteiger partial charge on any atom is 0.276 e. The van der Waals surface area contributed by atoms with Gasteiger partial charge in [0.15, 0.2) is 11.5 Å². The highest BCUT2D eigenvalue weighted by Crippen LogP contribution is 2.15. The average molecular weight is 336 g/mol. The summed E-state index contributed by atoms with van der Waals surface area (Å²) in [6, 6.07) is 16.8. The molecule has 0 spiro atoms. The maximum atomic E-state index is 13.2.